The van der Waals surface area contributed by atoms with Gasteiger partial charge in [0.15, 0.2) is 0 Å². The second-order valence-corrected chi connectivity index (χ2v) is 10.6. The molecule has 0 N–H and O–H groups in total. The number of Topliss-reactive ketones (excluding diaryl/α,β-unsaturated/α-hetero) is 1. The number of hydrogen-bond acceptors (Lipinski definition) is 3. The maximum Gasteiger partial charge on any atom is 0.150 e. The summed E-state index contributed by atoms with van der Waals surface area (Å²) in [6, 6.07) is 0. The summed E-state index contributed by atoms with van der Waals surface area (Å²) in [6.45, 7) is 16.6. The lowest BCUT2D eigenvalue weighted by molar-refractivity contribution is -0.130. The van der Waals surface area contributed by atoms with Crippen molar-refractivity contribution in [3.63, 3.8) is 0 Å². The lowest BCUT2D eigenvalue weighted by Gasteiger charge is -2.43. The summed E-state index contributed by atoms with van der Waals surface area (Å²) in [5, 5.41) is -0.221. The summed E-state index contributed by atoms with van der Waals surface area (Å²) in [6.07, 6.45) is 7.94. The molecule has 0 spiro atoms. The van der Waals surface area contributed by atoms with Crippen molar-refractivity contribution in [3.8, 4) is 0 Å². The molecule has 1 saturated heterocycles. The molecule has 2 aliphatic rings. The molecule has 7 atom stereocenters. The van der Waals surface area contributed by atoms with Crippen molar-refractivity contribution in [2.45, 2.75) is 79.1 Å². The van der Waals surface area contributed by atoms with E-state index in [1.165, 1.54) is 0 Å². The van der Waals surface area contributed by atoms with Gasteiger partial charge in [-0.05, 0) is 54.3 Å². The molecule has 0 bridgehead atoms. The maximum atomic E-state index is 13.5. The number of rotatable bonds is 6. The SMILES string of the molecule is CC1CCOC(C(C(C)C)C(C)C(S)C(=O)C2C(C)C=CCC2(C)C)C1. The van der Waals surface area contributed by atoms with Gasteiger partial charge in [0.1, 0.15) is 5.78 Å². The van der Waals surface area contributed by atoms with Crippen LogP contribution in [0.4, 0.5) is 0 Å². The Morgan fingerprint density at radius 3 is 2.42 bits per heavy atom. The van der Waals surface area contributed by atoms with Gasteiger partial charge in [-0.2, -0.15) is 12.6 Å². The predicted molar refractivity (Wildman–Crippen MR) is 114 cm³/mol. The van der Waals surface area contributed by atoms with Gasteiger partial charge in [0.05, 0.1) is 11.4 Å². The highest BCUT2D eigenvalue weighted by molar-refractivity contribution is 7.81. The highest BCUT2D eigenvalue weighted by Gasteiger charge is 2.45. The van der Waals surface area contributed by atoms with Gasteiger partial charge in [0.2, 0.25) is 0 Å². The average molecular weight is 381 g/mol. The van der Waals surface area contributed by atoms with Crippen molar-refractivity contribution in [2.24, 2.45) is 40.9 Å². The Morgan fingerprint density at radius 1 is 1.23 bits per heavy atom. The summed E-state index contributed by atoms with van der Waals surface area (Å²) < 4.78 is 6.17. The van der Waals surface area contributed by atoms with Gasteiger partial charge in [-0.15, -0.1) is 0 Å². The Kier molecular flexibility index (Phi) is 7.46. The number of carbonyl (C=O) groups excluding carboxylic acids is 1. The zero-order chi connectivity index (χ0) is 19.6. The Morgan fingerprint density at radius 2 is 1.88 bits per heavy atom. The van der Waals surface area contributed by atoms with Crippen LogP contribution in [-0.2, 0) is 9.53 Å². The Hall–Kier alpha value is -0.280. The second-order valence-electron chi connectivity index (χ2n) is 10.0. The minimum atomic E-state index is -0.221. The first-order valence-electron chi connectivity index (χ1n) is 10.6. The van der Waals surface area contributed by atoms with Crippen LogP contribution in [0, 0.1) is 40.9 Å². The molecule has 26 heavy (non-hydrogen) atoms. The molecular formula is C23H40O2S. The molecule has 2 nitrogen and oxygen atoms in total. The lowest BCUT2D eigenvalue weighted by Crippen LogP contribution is -2.46. The Bertz CT molecular complexity index is 510. The van der Waals surface area contributed by atoms with Crippen molar-refractivity contribution in [2.75, 3.05) is 6.61 Å². The summed E-state index contributed by atoms with van der Waals surface area (Å²) in [7, 11) is 0. The smallest absolute Gasteiger partial charge is 0.150 e. The van der Waals surface area contributed by atoms with Crippen molar-refractivity contribution in [1.82, 2.24) is 0 Å². The van der Waals surface area contributed by atoms with Gasteiger partial charge >= 0.3 is 0 Å². The van der Waals surface area contributed by atoms with Gasteiger partial charge in [0, 0.05) is 12.5 Å². The normalized spacial score (nSPS) is 35.1. The zero-order valence-electron chi connectivity index (χ0n) is 17.9. The van der Waals surface area contributed by atoms with Gasteiger partial charge in [-0.3, -0.25) is 4.79 Å². The summed E-state index contributed by atoms with van der Waals surface area (Å²) in [5.74, 6) is 2.46. The van der Waals surface area contributed by atoms with E-state index in [4.69, 9.17) is 17.4 Å². The Balaban J connectivity index is 2.18. The number of ether oxygens (including phenoxy) is 1. The summed E-state index contributed by atoms with van der Waals surface area (Å²) in [4.78, 5) is 13.5. The van der Waals surface area contributed by atoms with Crippen molar-refractivity contribution in [1.29, 1.82) is 0 Å². The summed E-state index contributed by atoms with van der Waals surface area (Å²) >= 11 is 4.90. The van der Waals surface area contributed by atoms with Crippen LogP contribution >= 0.6 is 12.6 Å². The average Bonchev–Trinajstić information content (AvgIpc) is 2.52. The van der Waals surface area contributed by atoms with Gasteiger partial charge in [-0.25, -0.2) is 0 Å². The second kappa shape index (κ2) is 8.82. The molecule has 2 rings (SSSR count). The monoisotopic (exact) mass is 380 g/mol. The molecule has 0 aromatic rings. The fraction of sp³-hybridized carbons (Fsp3) is 0.870. The van der Waals surface area contributed by atoms with E-state index >= 15 is 0 Å². The zero-order valence-corrected chi connectivity index (χ0v) is 18.8. The molecule has 1 fully saturated rings. The van der Waals surface area contributed by atoms with E-state index in [0.717, 1.165) is 25.9 Å². The molecule has 7 unspecified atom stereocenters. The first-order valence-corrected chi connectivity index (χ1v) is 11.1. The first kappa shape index (κ1) is 22.0. The molecule has 0 radical (unpaired) electrons. The molecule has 0 aromatic heterocycles. The summed E-state index contributed by atoms with van der Waals surface area (Å²) in [5.41, 5.74) is 0.00906. The lowest BCUT2D eigenvalue weighted by atomic mass is 9.63. The molecule has 0 aromatic carbocycles. The van der Waals surface area contributed by atoms with Crippen LogP contribution in [0.1, 0.15) is 67.7 Å². The van der Waals surface area contributed by atoms with Crippen LogP contribution in [0.5, 0.6) is 0 Å². The fourth-order valence-electron chi connectivity index (χ4n) is 5.48. The Labute approximate surface area is 166 Å². The van der Waals surface area contributed by atoms with Crippen LogP contribution in [0.2, 0.25) is 0 Å². The minimum Gasteiger partial charge on any atom is -0.378 e. The number of carbonyl (C=O) groups is 1. The van der Waals surface area contributed by atoms with Gasteiger partial charge in [0.25, 0.3) is 0 Å². The third kappa shape index (κ3) is 4.76. The molecule has 150 valence electrons. The van der Waals surface area contributed by atoms with Gasteiger partial charge in [-0.1, -0.05) is 60.6 Å². The van der Waals surface area contributed by atoms with Crippen LogP contribution in [-0.4, -0.2) is 23.7 Å². The third-order valence-electron chi connectivity index (χ3n) is 6.93. The predicted octanol–water partition coefficient (Wildman–Crippen LogP) is 5.82. The highest BCUT2D eigenvalue weighted by Crippen LogP contribution is 2.44. The number of ketones is 1. The molecular weight excluding hydrogens is 340 g/mol. The molecule has 0 amide bonds. The van der Waals surface area contributed by atoms with E-state index < -0.39 is 0 Å². The third-order valence-corrected chi connectivity index (χ3v) is 7.66. The van der Waals surface area contributed by atoms with Crippen LogP contribution in [0.3, 0.4) is 0 Å². The first-order chi connectivity index (χ1) is 12.1. The fourth-order valence-corrected chi connectivity index (χ4v) is 5.84. The van der Waals surface area contributed by atoms with Crippen molar-refractivity contribution < 1.29 is 9.53 Å². The quantitative estimate of drug-likeness (QED) is 0.464. The minimum absolute atomic E-state index is 0.00906. The highest BCUT2D eigenvalue weighted by atomic mass is 32.1. The van der Waals surface area contributed by atoms with E-state index in [1.54, 1.807) is 0 Å². The molecule has 1 aliphatic heterocycles. The molecule has 1 heterocycles. The largest absolute Gasteiger partial charge is 0.378 e. The number of hydrogen-bond donors (Lipinski definition) is 1. The van der Waals surface area contributed by atoms with Crippen LogP contribution in [0.25, 0.3) is 0 Å². The standard InChI is InChI=1S/C23H40O2S/c1-14(2)19(18-13-15(3)10-12-25-18)17(5)22(26)21(24)20-16(4)9-8-11-23(20,6)7/h8-9,14-20,22,26H,10-13H2,1-7H3. The van der Waals surface area contributed by atoms with E-state index in [2.05, 4.69) is 60.6 Å². The van der Waals surface area contributed by atoms with E-state index in [-0.39, 0.29) is 34.5 Å². The molecule has 0 saturated carbocycles. The maximum absolute atomic E-state index is 13.5. The molecule has 3 heteroatoms. The van der Waals surface area contributed by atoms with E-state index in [1.807, 2.05) is 0 Å². The van der Waals surface area contributed by atoms with E-state index in [0.29, 0.717) is 23.5 Å². The van der Waals surface area contributed by atoms with Crippen molar-refractivity contribution in [3.05, 3.63) is 12.2 Å². The number of allylic oxidation sites excluding steroid dienone is 2. The van der Waals surface area contributed by atoms with Crippen LogP contribution < -0.4 is 0 Å². The topological polar surface area (TPSA) is 26.3 Å². The van der Waals surface area contributed by atoms with E-state index in [9.17, 15) is 4.79 Å². The number of thiol groups is 1. The van der Waals surface area contributed by atoms with Crippen LogP contribution in [0.15, 0.2) is 12.2 Å². The molecule has 1 aliphatic carbocycles. The van der Waals surface area contributed by atoms with Gasteiger partial charge < -0.3 is 4.74 Å². The van der Waals surface area contributed by atoms with Crippen molar-refractivity contribution >= 4 is 18.4 Å².